The predicted octanol–water partition coefficient (Wildman–Crippen LogP) is 5.35. The van der Waals surface area contributed by atoms with Crippen LogP contribution >= 0.6 is 11.8 Å². The summed E-state index contributed by atoms with van der Waals surface area (Å²) < 4.78 is 48.2. The molecule has 0 atom stereocenters. The number of hydrogen-bond acceptors (Lipinski definition) is 5. The number of nitrogens with zero attached hydrogens (tertiary/aromatic N) is 1. The lowest BCUT2D eigenvalue weighted by Crippen LogP contribution is -2.17. The van der Waals surface area contributed by atoms with E-state index in [0.717, 1.165) is 13.1 Å². The quantitative estimate of drug-likeness (QED) is 0.491. The van der Waals surface area contributed by atoms with Gasteiger partial charge in [-0.05, 0) is 40.6 Å². The molecule has 0 fully saturated rings. The molecule has 0 amide bonds. The molecule has 1 aliphatic heterocycles. The third kappa shape index (κ3) is 5.25. The smallest absolute Gasteiger partial charge is 0.446 e. The molecule has 156 valence electrons. The first-order valence-electron chi connectivity index (χ1n) is 9.24. The molecule has 2 heterocycles. The second-order valence-electron chi connectivity index (χ2n) is 6.97. The summed E-state index contributed by atoms with van der Waals surface area (Å²) in [6.07, 6.45) is 1.29. The number of halogens is 3. The van der Waals surface area contributed by atoms with Crippen molar-refractivity contribution >= 4 is 11.8 Å². The molecular weight excluding hydrogens is 415 g/mol. The van der Waals surface area contributed by atoms with Gasteiger partial charge in [-0.3, -0.25) is 9.69 Å². The minimum atomic E-state index is -4.32. The van der Waals surface area contributed by atoms with Crippen LogP contribution in [0.25, 0.3) is 0 Å². The van der Waals surface area contributed by atoms with Crippen LogP contribution in [0.4, 0.5) is 13.2 Å². The molecule has 0 saturated carbocycles. The molecule has 0 saturated heterocycles. The van der Waals surface area contributed by atoms with Gasteiger partial charge in [-0.1, -0.05) is 36.4 Å². The van der Waals surface area contributed by atoms with E-state index in [1.807, 2.05) is 12.1 Å². The predicted molar refractivity (Wildman–Crippen MR) is 107 cm³/mol. The number of alkyl halides is 3. The molecule has 2 aromatic carbocycles. The van der Waals surface area contributed by atoms with Crippen molar-refractivity contribution in [2.45, 2.75) is 36.6 Å². The summed E-state index contributed by atoms with van der Waals surface area (Å²) in [5, 5.41) is 0. The number of ether oxygens (including phenoxy) is 1. The number of hydrogen-bond donors (Lipinski definition) is 0. The molecule has 1 aromatic heterocycles. The largest absolute Gasteiger partial charge is 0.482 e. The van der Waals surface area contributed by atoms with Crippen molar-refractivity contribution in [2.24, 2.45) is 0 Å². The van der Waals surface area contributed by atoms with E-state index in [1.54, 1.807) is 0 Å². The Labute approximate surface area is 175 Å². The number of thioether (sulfide) groups is 1. The zero-order chi connectivity index (χ0) is 21.1. The highest BCUT2D eigenvalue weighted by atomic mass is 32.2. The van der Waals surface area contributed by atoms with Crippen LogP contribution in [0, 0.1) is 0 Å². The molecule has 0 unspecified atom stereocenters. The Morgan fingerprint density at radius 3 is 2.30 bits per heavy atom. The minimum absolute atomic E-state index is 0.0580. The van der Waals surface area contributed by atoms with Crippen LogP contribution < -0.4 is 10.2 Å². The summed E-state index contributed by atoms with van der Waals surface area (Å²) in [6.45, 7) is 2.19. The second kappa shape index (κ2) is 8.57. The Balaban J connectivity index is 1.33. The van der Waals surface area contributed by atoms with Gasteiger partial charge in [-0.25, -0.2) is 0 Å². The molecule has 3 aromatic rings. The van der Waals surface area contributed by atoms with E-state index in [-0.39, 0.29) is 34.4 Å². The van der Waals surface area contributed by atoms with Gasteiger partial charge in [-0.15, -0.1) is 0 Å². The van der Waals surface area contributed by atoms with Gasteiger partial charge in [0.1, 0.15) is 18.6 Å². The number of fused-ring (bicyclic) bond motifs is 1. The maximum absolute atomic E-state index is 12.4. The Morgan fingerprint density at radius 1 is 1.03 bits per heavy atom. The van der Waals surface area contributed by atoms with Crippen LogP contribution in [-0.2, 0) is 26.2 Å². The second-order valence-corrected chi connectivity index (χ2v) is 8.11. The van der Waals surface area contributed by atoms with E-state index < -0.39 is 5.51 Å². The third-order valence-electron chi connectivity index (χ3n) is 4.69. The summed E-state index contributed by atoms with van der Waals surface area (Å²) in [7, 11) is 0. The van der Waals surface area contributed by atoms with Crippen molar-refractivity contribution in [1.29, 1.82) is 0 Å². The Kier molecular flexibility index (Phi) is 5.87. The van der Waals surface area contributed by atoms with Crippen molar-refractivity contribution in [3.8, 4) is 5.75 Å². The SMILES string of the molecule is O=c1cc(CN2Cc3ccccc3C2)occ1OCc1ccc(SC(F)(F)F)cc1. The van der Waals surface area contributed by atoms with Crippen LogP contribution in [0.15, 0.2) is 75.0 Å². The molecule has 30 heavy (non-hydrogen) atoms. The normalized spacial score (nSPS) is 14.0. The topological polar surface area (TPSA) is 42.7 Å². The number of rotatable bonds is 6. The van der Waals surface area contributed by atoms with Gasteiger partial charge < -0.3 is 9.15 Å². The van der Waals surface area contributed by atoms with Crippen LogP contribution in [0.3, 0.4) is 0 Å². The van der Waals surface area contributed by atoms with Gasteiger partial charge >= 0.3 is 5.51 Å². The molecule has 0 radical (unpaired) electrons. The highest BCUT2D eigenvalue weighted by molar-refractivity contribution is 8.00. The first kappa shape index (κ1) is 20.6. The molecule has 0 N–H and O–H groups in total. The fraction of sp³-hybridized carbons (Fsp3) is 0.227. The highest BCUT2D eigenvalue weighted by Crippen LogP contribution is 2.36. The molecule has 4 nitrogen and oxygen atoms in total. The molecular formula is C22H18F3NO3S. The lowest BCUT2D eigenvalue weighted by molar-refractivity contribution is -0.0328. The van der Waals surface area contributed by atoms with Gasteiger partial charge in [0.15, 0.2) is 0 Å². The van der Waals surface area contributed by atoms with Crippen molar-refractivity contribution < 1.29 is 22.3 Å². The van der Waals surface area contributed by atoms with E-state index in [1.165, 1.54) is 47.7 Å². The van der Waals surface area contributed by atoms with Crippen LogP contribution in [-0.4, -0.2) is 10.4 Å². The van der Waals surface area contributed by atoms with Gasteiger partial charge in [-0.2, -0.15) is 13.2 Å². The first-order chi connectivity index (χ1) is 14.4. The lowest BCUT2D eigenvalue weighted by Gasteiger charge is -2.14. The summed E-state index contributed by atoms with van der Waals surface area (Å²) in [5.41, 5.74) is -1.41. The van der Waals surface area contributed by atoms with E-state index in [9.17, 15) is 18.0 Å². The summed E-state index contributed by atoms with van der Waals surface area (Å²) >= 11 is -0.173. The maximum atomic E-state index is 12.4. The molecule has 0 bridgehead atoms. The van der Waals surface area contributed by atoms with Gasteiger partial charge in [0.25, 0.3) is 0 Å². The average Bonchev–Trinajstić information content (AvgIpc) is 3.09. The van der Waals surface area contributed by atoms with Crippen LogP contribution in [0.2, 0.25) is 0 Å². The molecule has 8 heteroatoms. The van der Waals surface area contributed by atoms with Crippen molar-refractivity contribution in [3.63, 3.8) is 0 Å². The lowest BCUT2D eigenvalue weighted by atomic mass is 10.1. The average molecular weight is 433 g/mol. The maximum Gasteiger partial charge on any atom is 0.446 e. The zero-order valence-corrected chi connectivity index (χ0v) is 16.6. The van der Waals surface area contributed by atoms with E-state index in [0.29, 0.717) is 17.9 Å². The molecule has 4 rings (SSSR count). The standard InChI is InChI=1S/C22H18F3NO3S/c23-22(24,25)30-19-7-5-15(6-8-19)13-29-21-14-28-18(9-20(21)27)12-26-10-16-3-1-2-4-17(16)11-26/h1-9,14H,10-13H2. The van der Waals surface area contributed by atoms with Crippen LogP contribution in [0.1, 0.15) is 22.5 Å². The van der Waals surface area contributed by atoms with E-state index in [2.05, 4.69) is 17.0 Å². The van der Waals surface area contributed by atoms with E-state index >= 15 is 0 Å². The van der Waals surface area contributed by atoms with Crippen molar-refractivity contribution in [2.75, 3.05) is 0 Å². The number of benzene rings is 2. The third-order valence-corrected chi connectivity index (χ3v) is 5.43. The summed E-state index contributed by atoms with van der Waals surface area (Å²) in [4.78, 5) is 14.6. The Morgan fingerprint density at radius 2 is 1.70 bits per heavy atom. The van der Waals surface area contributed by atoms with Crippen LogP contribution in [0.5, 0.6) is 5.75 Å². The highest BCUT2D eigenvalue weighted by Gasteiger charge is 2.29. The minimum Gasteiger partial charge on any atom is -0.482 e. The van der Waals surface area contributed by atoms with Crippen molar-refractivity contribution in [1.82, 2.24) is 4.90 Å². The molecule has 0 spiro atoms. The van der Waals surface area contributed by atoms with Gasteiger partial charge in [0.2, 0.25) is 11.2 Å². The summed E-state index contributed by atoms with van der Waals surface area (Å²) in [5.74, 6) is 0.617. The van der Waals surface area contributed by atoms with Gasteiger partial charge in [0, 0.05) is 24.1 Å². The molecule has 0 aliphatic carbocycles. The Hall–Kier alpha value is -2.71. The first-order valence-corrected chi connectivity index (χ1v) is 10.1. The zero-order valence-electron chi connectivity index (χ0n) is 15.8. The summed E-state index contributed by atoms with van der Waals surface area (Å²) in [6, 6.07) is 15.4. The fourth-order valence-electron chi connectivity index (χ4n) is 3.31. The van der Waals surface area contributed by atoms with Crippen molar-refractivity contribution in [3.05, 3.63) is 93.5 Å². The Bertz CT molecular complexity index is 1050. The monoisotopic (exact) mass is 433 g/mol. The van der Waals surface area contributed by atoms with E-state index in [4.69, 9.17) is 9.15 Å². The fourth-order valence-corrected chi connectivity index (χ4v) is 3.85. The van der Waals surface area contributed by atoms with Gasteiger partial charge in [0.05, 0.1) is 6.54 Å². The molecule has 1 aliphatic rings.